The molecular weight excluding hydrogens is 380 g/mol. The summed E-state index contributed by atoms with van der Waals surface area (Å²) in [4.78, 5) is 28.4. The number of hydrogen-bond donors (Lipinski definition) is 2. The van der Waals surface area contributed by atoms with E-state index in [1.807, 2.05) is 4.90 Å². The largest absolute Gasteiger partial charge is 0.352 e. The number of carbonyl (C=O) groups is 2. The van der Waals surface area contributed by atoms with Crippen LogP contribution in [0.4, 0.5) is 4.79 Å². The van der Waals surface area contributed by atoms with Crippen LogP contribution in [0.15, 0.2) is 15.9 Å². The number of nitrogens with one attached hydrogen (secondary N) is 1. The average Bonchev–Trinajstić information content (AvgIpc) is 2.92. The maximum Gasteiger partial charge on any atom is 0.312 e. The number of amides is 3. The fraction of sp³-hybridized carbons (Fsp3) is 0.600. The van der Waals surface area contributed by atoms with Gasteiger partial charge in [0.1, 0.15) is 0 Å². The number of urea groups is 1. The van der Waals surface area contributed by atoms with E-state index in [9.17, 15) is 9.59 Å². The molecule has 3 N–H and O–H groups in total. The van der Waals surface area contributed by atoms with Crippen molar-refractivity contribution in [3.8, 4) is 0 Å². The highest BCUT2D eigenvalue weighted by Crippen LogP contribution is 2.23. The van der Waals surface area contributed by atoms with Crippen LogP contribution in [-0.4, -0.2) is 54.5 Å². The lowest BCUT2D eigenvalue weighted by molar-refractivity contribution is -0.133. The highest BCUT2D eigenvalue weighted by Gasteiger charge is 2.20. The van der Waals surface area contributed by atoms with Crippen molar-refractivity contribution in [3.05, 3.63) is 20.8 Å². The second-order valence-corrected chi connectivity index (χ2v) is 8.16. The van der Waals surface area contributed by atoms with Gasteiger partial charge < -0.3 is 16.0 Å². The Kier molecular flexibility index (Phi) is 7.32. The first-order chi connectivity index (χ1) is 11.0. The molecule has 1 aromatic rings. The maximum atomic E-state index is 12.2. The van der Waals surface area contributed by atoms with Crippen molar-refractivity contribution < 1.29 is 9.59 Å². The summed E-state index contributed by atoms with van der Waals surface area (Å²) in [5.74, 6) is 0.211. The third-order valence-corrected chi connectivity index (χ3v) is 5.46. The molecule has 1 aliphatic heterocycles. The zero-order valence-electron chi connectivity index (χ0n) is 13.1. The highest BCUT2D eigenvalue weighted by atomic mass is 79.9. The van der Waals surface area contributed by atoms with Gasteiger partial charge in [-0.3, -0.25) is 9.69 Å². The van der Waals surface area contributed by atoms with Crippen molar-refractivity contribution in [2.24, 2.45) is 5.73 Å². The Morgan fingerprint density at radius 1 is 1.22 bits per heavy atom. The van der Waals surface area contributed by atoms with Crippen LogP contribution in [0, 0.1) is 0 Å². The molecule has 1 fully saturated rings. The zero-order valence-corrected chi connectivity index (χ0v) is 15.5. The number of nitrogens with zero attached hydrogens (tertiary/aromatic N) is 2. The lowest BCUT2D eigenvalue weighted by Crippen LogP contribution is -2.48. The predicted octanol–water partition coefficient (Wildman–Crippen LogP) is 1.99. The van der Waals surface area contributed by atoms with Crippen LogP contribution in [0.1, 0.15) is 24.1 Å². The smallest absolute Gasteiger partial charge is 0.312 e. The van der Waals surface area contributed by atoms with Crippen LogP contribution in [0.5, 0.6) is 0 Å². The van der Waals surface area contributed by atoms with Crippen molar-refractivity contribution in [1.82, 2.24) is 15.1 Å². The Morgan fingerprint density at radius 3 is 2.57 bits per heavy atom. The Bertz CT molecular complexity index is 529. The topological polar surface area (TPSA) is 78.7 Å². The average molecular weight is 403 g/mol. The first-order valence-electron chi connectivity index (χ1n) is 7.82. The van der Waals surface area contributed by atoms with Crippen LogP contribution in [0.2, 0.25) is 0 Å². The van der Waals surface area contributed by atoms with Gasteiger partial charge in [-0.05, 0) is 40.9 Å². The van der Waals surface area contributed by atoms with Crippen LogP contribution in [0.3, 0.4) is 0 Å². The van der Waals surface area contributed by atoms with Gasteiger partial charge in [0.25, 0.3) is 0 Å². The maximum absolute atomic E-state index is 12.2. The fourth-order valence-electron chi connectivity index (χ4n) is 2.58. The minimum atomic E-state index is -0.509. The quantitative estimate of drug-likeness (QED) is 0.684. The second-order valence-electron chi connectivity index (χ2n) is 5.61. The van der Waals surface area contributed by atoms with E-state index in [-0.39, 0.29) is 5.91 Å². The molecule has 2 heterocycles. The van der Waals surface area contributed by atoms with Crippen molar-refractivity contribution in [2.45, 2.75) is 25.8 Å². The third kappa shape index (κ3) is 6.48. The zero-order chi connectivity index (χ0) is 16.7. The summed E-state index contributed by atoms with van der Waals surface area (Å²) in [6, 6.07) is 3.71. The summed E-state index contributed by atoms with van der Waals surface area (Å²) in [7, 11) is 0. The lowest BCUT2D eigenvalue weighted by Gasteiger charge is -2.34. The number of nitrogens with two attached hydrogens (primary N) is 1. The van der Waals surface area contributed by atoms with Gasteiger partial charge in [-0.2, -0.15) is 0 Å². The number of piperazine rings is 1. The minimum absolute atomic E-state index is 0.211. The molecule has 1 saturated heterocycles. The van der Waals surface area contributed by atoms with E-state index in [4.69, 9.17) is 5.73 Å². The number of carbonyl (C=O) groups excluding carboxylic acids is 2. The Hall–Kier alpha value is -1.12. The normalized spacial score (nSPS) is 15.6. The number of hydrogen-bond acceptors (Lipinski definition) is 4. The fourth-order valence-corrected chi connectivity index (χ4v) is 4.11. The number of primary amides is 1. The first-order valence-corrected chi connectivity index (χ1v) is 9.43. The van der Waals surface area contributed by atoms with Gasteiger partial charge in [-0.25, -0.2) is 4.79 Å². The van der Waals surface area contributed by atoms with Gasteiger partial charge in [0.15, 0.2) is 0 Å². The first kappa shape index (κ1) is 18.2. The van der Waals surface area contributed by atoms with Crippen molar-refractivity contribution in [2.75, 3.05) is 32.7 Å². The van der Waals surface area contributed by atoms with Crippen molar-refractivity contribution in [1.29, 1.82) is 0 Å². The molecule has 1 aromatic heterocycles. The molecule has 0 atom stereocenters. The molecule has 0 radical (unpaired) electrons. The van der Waals surface area contributed by atoms with Crippen LogP contribution in [0.25, 0.3) is 0 Å². The minimum Gasteiger partial charge on any atom is -0.352 e. The van der Waals surface area contributed by atoms with Gasteiger partial charge in [0, 0.05) is 50.6 Å². The Labute approximate surface area is 149 Å². The molecule has 6 nitrogen and oxygen atoms in total. The van der Waals surface area contributed by atoms with Crippen LogP contribution >= 0.6 is 27.3 Å². The van der Waals surface area contributed by atoms with Crippen LogP contribution < -0.4 is 11.1 Å². The molecular formula is C15H23BrN4O2S. The molecule has 0 bridgehead atoms. The number of rotatable bonds is 7. The molecule has 1 aliphatic rings. The standard InChI is InChI=1S/C15H23BrN4O2S/c16-13-5-4-12(23-13)11-19-7-9-20(10-8-19)14(21)3-1-2-6-18-15(17)22/h4-5H,1-3,6-11H2,(H3,17,18,22). The summed E-state index contributed by atoms with van der Waals surface area (Å²) >= 11 is 5.25. The number of halogens is 1. The molecule has 3 amide bonds. The van der Waals surface area contributed by atoms with E-state index >= 15 is 0 Å². The van der Waals surface area contributed by atoms with Gasteiger partial charge in [0.05, 0.1) is 3.79 Å². The summed E-state index contributed by atoms with van der Waals surface area (Å²) < 4.78 is 1.16. The van der Waals surface area contributed by atoms with E-state index in [2.05, 4.69) is 38.3 Å². The summed E-state index contributed by atoms with van der Waals surface area (Å²) in [5.41, 5.74) is 4.99. The Balaban J connectivity index is 1.61. The summed E-state index contributed by atoms with van der Waals surface area (Å²) in [5, 5.41) is 2.53. The molecule has 128 valence electrons. The molecule has 0 unspecified atom stereocenters. The van der Waals surface area contributed by atoms with Gasteiger partial charge in [-0.15, -0.1) is 11.3 Å². The van der Waals surface area contributed by atoms with Gasteiger partial charge >= 0.3 is 6.03 Å². The van der Waals surface area contributed by atoms with Gasteiger partial charge in [0.2, 0.25) is 5.91 Å². The number of thiophene rings is 1. The molecule has 0 saturated carbocycles. The molecule has 0 spiro atoms. The molecule has 0 aliphatic carbocycles. The number of unbranched alkanes of at least 4 members (excludes halogenated alkanes) is 1. The molecule has 0 aromatic carbocycles. The van der Waals surface area contributed by atoms with Gasteiger partial charge in [-0.1, -0.05) is 0 Å². The molecule has 23 heavy (non-hydrogen) atoms. The third-order valence-electron chi connectivity index (χ3n) is 3.85. The van der Waals surface area contributed by atoms with Crippen LogP contribution in [-0.2, 0) is 11.3 Å². The van der Waals surface area contributed by atoms with Crippen molar-refractivity contribution in [3.63, 3.8) is 0 Å². The highest BCUT2D eigenvalue weighted by molar-refractivity contribution is 9.11. The second kappa shape index (κ2) is 9.24. The molecule has 2 rings (SSSR count). The Morgan fingerprint density at radius 2 is 1.96 bits per heavy atom. The predicted molar refractivity (Wildman–Crippen MR) is 95.3 cm³/mol. The van der Waals surface area contributed by atoms with E-state index in [0.717, 1.165) is 49.4 Å². The lowest BCUT2D eigenvalue weighted by atomic mass is 10.2. The SMILES string of the molecule is NC(=O)NCCCCC(=O)N1CCN(Cc2ccc(Br)s2)CC1. The van der Waals surface area contributed by atoms with E-state index in [1.165, 1.54) is 4.88 Å². The van der Waals surface area contributed by atoms with E-state index in [0.29, 0.717) is 13.0 Å². The summed E-state index contributed by atoms with van der Waals surface area (Å²) in [6.45, 7) is 4.93. The monoisotopic (exact) mass is 402 g/mol. The van der Waals surface area contributed by atoms with E-state index < -0.39 is 6.03 Å². The molecule has 8 heteroatoms. The summed E-state index contributed by atoms with van der Waals surface area (Å²) in [6.07, 6.45) is 2.10. The van der Waals surface area contributed by atoms with E-state index in [1.54, 1.807) is 11.3 Å². The van der Waals surface area contributed by atoms with Crippen molar-refractivity contribution >= 4 is 39.2 Å².